The number of carbonyl (C=O) groups excluding carboxylic acids is 1. The minimum atomic E-state index is -1.55. The van der Waals surface area contributed by atoms with Crippen molar-refractivity contribution in [1.29, 1.82) is 0 Å². The molecule has 37 heavy (non-hydrogen) atoms. The molecule has 0 aromatic heterocycles. The summed E-state index contributed by atoms with van der Waals surface area (Å²) in [5.41, 5.74) is 4.64. The summed E-state index contributed by atoms with van der Waals surface area (Å²) in [5, 5.41) is 4.38. The van der Waals surface area contributed by atoms with Crippen molar-refractivity contribution in [3.8, 4) is 16.9 Å². The molecule has 0 unspecified atom stereocenters. The number of rotatable bonds is 5. The zero-order valence-corrected chi connectivity index (χ0v) is 23.3. The van der Waals surface area contributed by atoms with Crippen molar-refractivity contribution in [2.75, 3.05) is 6.61 Å². The van der Waals surface area contributed by atoms with E-state index in [0.717, 1.165) is 28.7 Å². The molecule has 4 saturated carbocycles. The predicted octanol–water partition coefficient (Wildman–Crippen LogP) is 4.67. The van der Waals surface area contributed by atoms with Crippen LogP contribution in [0, 0.1) is 37.5 Å². The average molecular weight is 509 g/mol. The lowest BCUT2D eigenvalue weighted by Gasteiger charge is -2.59. The summed E-state index contributed by atoms with van der Waals surface area (Å²) in [6.07, 6.45) is 6.32. The van der Waals surface area contributed by atoms with Crippen LogP contribution in [0.3, 0.4) is 0 Å². The summed E-state index contributed by atoms with van der Waals surface area (Å²) >= 11 is 0. The quantitative estimate of drug-likeness (QED) is 0.290. The van der Waals surface area contributed by atoms with Gasteiger partial charge in [-0.2, -0.15) is 0 Å². The van der Waals surface area contributed by atoms with Gasteiger partial charge in [0.05, 0.1) is 0 Å². The number of hydrogen-bond acceptors (Lipinski definition) is 3. The highest BCUT2D eigenvalue weighted by atomic mass is 28.3. The Balaban J connectivity index is 1.10. The van der Waals surface area contributed by atoms with Gasteiger partial charge in [0.15, 0.2) is 6.61 Å². The van der Waals surface area contributed by atoms with Gasteiger partial charge in [0.25, 0.3) is 0 Å². The van der Waals surface area contributed by atoms with Crippen LogP contribution in [0.5, 0.6) is 5.75 Å². The first-order valence-electron chi connectivity index (χ1n) is 14.0. The van der Waals surface area contributed by atoms with Crippen LogP contribution < -0.4 is 20.3 Å². The molecule has 0 amide bonds. The average Bonchev–Trinajstić information content (AvgIpc) is 3.21. The van der Waals surface area contributed by atoms with Crippen LogP contribution >= 0.6 is 0 Å². The lowest BCUT2D eigenvalue weighted by Crippen LogP contribution is -2.58. The molecule has 3 aromatic rings. The fourth-order valence-electron chi connectivity index (χ4n) is 8.59. The van der Waals surface area contributed by atoms with Crippen molar-refractivity contribution in [2.45, 2.75) is 58.5 Å². The molecule has 3 nitrogen and oxygen atoms in total. The summed E-state index contributed by atoms with van der Waals surface area (Å²) in [6, 6.07) is 22.3. The highest BCUT2D eigenvalue weighted by Crippen LogP contribution is 2.59. The zero-order chi connectivity index (χ0) is 25.3. The summed E-state index contributed by atoms with van der Waals surface area (Å²) in [6.45, 7) is 6.40. The largest absolute Gasteiger partial charge is 0.481 e. The Hall–Kier alpha value is -2.85. The van der Waals surface area contributed by atoms with E-state index in [4.69, 9.17) is 9.47 Å². The van der Waals surface area contributed by atoms with Gasteiger partial charge in [0, 0.05) is 0 Å². The van der Waals surface area contributed by atoms with Crippen LogP contribution in [-0.4, -0.2) is 27.0 Å². The molecule has 8 rings (SSSR count). The van der Waals surface area contributed by atoms with Crippen LogP contribution in [0.15, 0.2) is 60.7 Å². The van der Waals surface area contributed by atoms with Crippen LogP contribution in [0.25, 0.3) is 11.1 Å². The second-order valence-corrected chi connectivity index (χ2v) is 15.1. The van der Waals surface area contributed by atoms with E-state index in [9.17, 15) is 4.79 Å². The molecule has 1 aliphatic heterocycles. The Bertz CT molecular complexity index is 1300. The van der Waals surface area contributed by atoms with E-state index >= 15 is 0 Å². The highest BCUT2D eigenvalue weighted by molar-refractivity contribution is 6.99. The third kappa shape index (κ3) is 3.71. The molecule has 4 aliphatic carbocycles. The van der Waals surface area contributed by atoms with Crippen molar-refractivity contribution in [2.24, 2.45) is 23.7 Å². The normalized spacial score (nSPS) is 29.2. The van der Waals surface area contributed by atoms with Crippen LogP contribution in [0.1, 0.15) is 50.2 Å². The van der Waals surface area contributed by atoms with E-state index in [1.54, 1.807) is 0 Å². The van der Waals surface area contributed by atoms with Crippen molar-refractivity contribution in [1.82, 2.24) is 0 Å². The Labute approximate surface area is 221 Å². The fraction of sp³-hybridized carbons (Fsp3) is 0.424. The van der Waals surface area contributed by atoms with Gasteiger partial charge in [-0.05, 0) is 109 Å². The molecular formula is C33H36O3Si. The van der Waals surface area contributed by atoms with Gasteiger partial charge in [-0.25, -0.2) is 4.79 Å². The van der Waals surface area contributed by atoms with Gasteiger partial charge in [-0.1, -0.05) is 65.9 Å². The Morgan fingerprint density at radius 2 is 1.35 bits per heavy atom. The molecule has 1 heterocycles. The number of fused-ring (bicyclic) bond motifs is 3. The van der Waals surface area contributed by atoms with Gasteiger partial charge < -0.3 is 9.47 Å². The molecule has 0 atom stereocenters. The second-order valence-electron chi connectivity index (χ2n) is 12.3. The number of hydrogen-bond donors (Lipinski definition) is 0. The van der Waals surface area contributed by atoms with E-state index in [0.29, 0.717) is 11.8 Å². The summed E-state index contributed by atoms with van der Waals surface area (Å²) in [7, 11) is -1.55. The predicted molar refractivity (Wildman–Crippen MR) is 151 cm³/mol. The lowest BCUT2D eigenvalue weighted by molar-refractivity contribution is -0.204. The zero-order valence-electron chi connectivity index (χ0n) is 22.1. The number of aryl methyl sites for hydroxylation is 2. The Kier molecular flexibility index (Phi) is 5.40. The molecule has 0 saturated heterocycles. The smallest absolute Gasteiger partial charge is 0.344 e. The van der Waals surface area contributed by atoms with E-state index in [-0.39, 0.29) is 18.2 Å². The first-order valence-corrected chi connectivity index (χ1v) is 15.8. The molecule has 0 radical (unpaired) electrons. The molecule has 0 spiro atoms. The maximum Gasteiger partial charge on any atom is 0.344 e. The summed E-state index contributed by atoms with van der Waals surface area (Å²) < 4.78 is 12.4. The van der Waals surface area contributed by atoms with Crippen LogP contribution in [-0.2, 0) is 9.53 Å². The van der Waals surface area contributed by atoms with E-state index in [2.05, 4.69) is 81.4 Å². The molecule has 5 aliphatic rings. The van der Waals surface area contributed by atoms with Crippen molar-refractivity contribution in [3.63, 3.8) is 0 Å². The maximum absolute atomic E-state index is 13.0. The minimum Gasteiger partial charge on any atom is -0.481 e. The lowest BCUT2D eigenvalue weighted by atomic mass is 9.50. The standard InChI is InChI=1S/C33H36O3Si/c1-20-12-26(37-29-10-6-4-8-27(29)28-9-5-7-11-30(28)37)13-21(2)32(20)35-19-31(34)36-33(3)24-15-22-14-23(17-24)18-25(33)16-22/h4-13,22-25,37H,14-19H2,1-3H3. The molecule has 4 fully saturated rings. The van der Waals surface area contributed by atoms with E-state index in [1.807, 2.05) is 0 Å². The van der Waals surface area contributed by atoms with Gasteiger partial charge in [0.1, 0.15) is 20.1 Å². The second kappa shape index (κ2) is 8.59. The van der Waals surface area contributed by atoms with E-state index < -0.39 is 8.80 Å². The number of ether oxygens (including phenoxy) is 2. The van der Waals surface area contributed by atoms with Gasteiger partial charge in [0.2, 0.25) is 0 Å². The van der Waals surface area contributed by atoms with Crippen LogP contribution in [0.2, 0.25) is 0 Å². The third-order valence-electron chi connectivity index (χ3n) is 10.1. The van der Waals surface area contributed by atoms with Crippen LogP contribution in [0.4, 0.5) is 0 Å². The molecule has 4 bridgehead atoms. The van der Waals surface area contributed by atoms with E-state index in [1.165, 1.54) is 58.8 Å². The maximum atomic E-state index is 13.0. The van der Waals surface area contributed by atoms with Gasteiger partial charge in [-0.15, -0.1) is 0 Å². The monoisotopic (exact) mass is 508 g/mol. The number of esters is 1. The molecule has 4 heteroatoms. The SMILES string of the molecule is Cc1cc([SiH]2c3ccccc3-c3ccccc32)cc(C)c1OCC(=O)OC1(C)C2CC3CC(C2)CC1C3. The van der Waals surface area contributed by atoms with Crippen molar-refractivity contribution in [3.05, 3.63) is 71.8 Å². The highest BCUT2D eigenvalue weighted by Gasteiger charge is 2.57. The number of benzene rings is 3. The summed E-state index contributed by atoms with van der Waals surface area (Å²) in [4.78, 5) is 13.0. The first kappa shape index (κ1) is 23.3. The Morgan fingerprint density at radius 3 is 1.89 bits per heavy atom. The molecule has 0 N–H and O–H groups in total. The Morgan fingerprint density at radius 1 is 0.838 bits per heavy atom. The van der Waals surface area contributed by atoms with Crippen molar-refractivity contribution < 1.29 is 14.3 Å². The van der Waals surface area contributed by atoms with Crippen molar-refractivity contribution >= 4 is 30.3 Å². The topological polar surface area (TPSA) is 35.5 Å². The summed E-state index contributed by atoms with van der Waals surface area (Å²) in [5.74, 6) is 3.37. The molecule has 3 aromatic carbocycles. The van der Waals surface area contributed by atoms with Gasteiger partial charge >= 0.3 is 5.97 Å². The fourth-order valence-corrected chi connectivity index (χ4v) is 12.2. The third-order valence-corrected chi connectivity index (χ3v) is 13.3. The first-order chi connectivity index (χ1) is 17.9. The van der Waals surface area contributed by atoms with Gasteiger partial charge in [-0.3, -0.25) is 0 Å². The molecular weight excluding hydrogens is 472 g/mol. The number of carbonyl (C=O) groups is 1. The minimum absolute atomic E-state index is 0.0184. The molecule has 190 valence electrons.